The second-order valence-electron chi connectivity index (χ2n) is 5.15. The molecule has 1 saturated heterocycles. The third-order valence-electron chi connectivity index (χ3n) is 3.40. The molecule has 11 heteroatoms. The molecule has 1 aromatic rings. The maximum atomic E-state index is 11.4. The molecular weight excluding hydrogens is 338 g/mol. The first-order valence-electron chi connectivity index (χ1n) is 7.41. The van der Waals surface area contributed by atoms with Crippen LogP contribution in [0.1, 0.15) is 23.8 Å². The van der Waals surface area contributed by atoms with Gasteiger partial charge in [0.15, 0.2) is 10.9 Å². The van der Waals surface area contributed by atoms with E-state index in [1.54, 1.807) is 0 Å². The molecule has 24 heavy (non-hydrogen) atoms. The van der Waals surface area contributed by atoms with Gasteiger partial charge < -0.3 is 25.4 Å². The van der Waals surface area contributed by atoms with Crippen LogP contribution in [-0.2, 0) is 16.0 Å². The standard InChI is InChI=1S/C13H21N5O5S/c1-3-15-13(14)24-10-4-8(19)11(20)9(23-10)6-18-5-7(16-17-18)12(21)22-2/h5,8-11,19-20H,3-4,6H2,1-2H3,(H2,14,15)/t8?,9?,10-,11+/m1/s1. The summed E-state index contributed by atoms with van der Waals surface area (Å²) in [5, 5.41) is 28.0. The summed E-state index contributed by atoms with van der Waals surface area (Å²) in [4.78, 5) is 15.4. The zero-order valence-electron chi connectivity index (χ0n) is 13.4. The number of amidine groups is 1. The van der Waals surface area contributed by atoms with Crippen molar-refractivity contribution in [2.24, 2.45) is 10.7 Å². The Kier molecular flexibility index (Phi) is 6.54. The van der Waals surface area contributed by atoms with E-state index in [9.17, 15) is 15.0 Å². The summed E-state index contributed by atoms with van der Waals surface area (Å²) in [5.41, 5.74) is 5.37. The van der Waals surface area contributed by atoms with E-state index in [1.165, 1.54) is 29.8 Å². The van der Waals surface area contributed by atoms with E-state index in [1.807, 2.05) is 6.92 Å². The van der Waals surface area contributed by atoms with E-state index in [4.69, 9.17) is 10.5 Å². The van der Waals surface area contributed by atoms with Crippen LogP contribution in [0.5, 0.6) is 0 Å². The summed E-state index contributed by atoms with van der Waals surface area (Å²) in [6.07, 6.45) is -1.16. The number of aromatic nitrogens is 3. The van der Waals surface area contributed by atoms with Gasteiger partial charge in [0, 0.05) is 13.0 Å². The van der Waals surface area contributed by atoms with Crippen molar-refractivity contribution >= 4 is 22.9 Å². The SMILES string of the molecule is CCN=C(N)S[C@@H]1CC(O)[C@H](O)C(Cn2cc(C(=O)OC)nn2)O1. The molecule has 0 aromatic carbocycles. The van der Waals surface area contributed by atoms with E-state index in [0.717, 1.165) is 0 Å². The second kappa shape index (κ2) is 8.42. The normalized spacial score (nSPS) is 27.9. The first kappa shape index (κ1) is 18.6. The predicted octanol–water partition coefficient (Wildman–Crippen LogP) is -1.03. The van der Waals surface area contributed by atoms with Gasteiger partial charge in [-0.25, -0.2) is 9.48 Å². The van der Waals surface area contributed by atoms with E-state index < -0.39 is 29.7 Å². The number of aliphatic imine (C=N–C) groups is 1. The zero-order valence-corrected chi connectivity index (χ0v) is 14.2. The molecule has 1 aromatic heterocycles. The Bertz CT molecular complexity index is 595. The number of nitrogens with two attached hydrogens (primary N) is 1. The van der Waals surface area contributed by atoms with Crippen molar-refractivity contribution in [3.8, 4) is 0 Å². The average molecular weight is 359 g/mol. The van der Waals surface area contributed by atoms with Crippen molar-refractivity contribution in [3.63, 3.8) is 0 Å². The molecule has 0 spiro atoms. The van der Waals surface area contributed by atoms with Gasteiger partial charge in [-0.1, -0.05) is 17.0 Å². The lowest BCUT2D eigenvalue weighted by molar-refractivity contribution is -0.149. The van der Waals surface area contributed by atoms with E-state index in [0.29, 0.717) is 11.7 Å². The molecule has 1 aliphatic heterocycles. The molecule has 2 heterocycles. The molecule has 1 fully saturated rings. The largest absolute Gasteiger partial charge is 0.464 e. The number of nitrogens with zero attached hydrogens (tertiary/aromatic N) is 4. The van der Waals surface area contributed by atoms with Crippen LogP contribution in [0.25, 0.3) is 0 Å². The lowest BCUT2D eigenvalue weighted by atomic mass is 10.0. The van der Waals surface area contributed by atoms with Gasteiger partial charge in [-0.2, -0.15) is 0 Å². The van der Waals surface area contributed by atoms with Gasteiger partial charge in [-0.15, -0.1) is 5.10 Å². The topological polar surface area (TPSA) is 145 Å². The lowest BCUT2D eigenvalue weighted by Crippen LogP contribution is -2.49. The van der Waals surface area contributed by atoms with Crippen LogP contribution >= 0.6 is 11.8 Å². The Morgan fingerprint density at radius 2 is 2.38 bits per heavy atom. The number of carbonyl (C=O) groups excluding carboxylic acids is 1. The maximum absolute atomic E-state index is 11.4. The smallest absolute Gasteiger partial charge is 0.360 e. The number of hydrogen-bond donors (Lipinski definition) is 3. The maximum Gasteiger partial charge on any atom is 0.360 e. The predicted molar refractivity (Wildman–Crippen MR) is 86.4 cm³/mol. The minimum absolute atomic E-state index is 0.0496. The molecule has 2 unspecified atom stereocenters. The Morgan fingerprint density at radius 3 is 3.04 bits per heavy atom. The van der Waals surface area contributed by atoms with Crippen molar-refractivity contribution in [1.29, 1.82) is 0 Å². The molecule has 0 aliphatic carbocycles. The van der Waals surface area contributed by atoms with Crippen molar-refractivity contribution in [2.75, 3.05) is 13.7 Å². The van der Waals surface area contributed by atoms with Crippen LogP contribution in [0, 0.1) is 0 Å². The quantitative estimate of drug-likeness (QED) is 0.341. The number of hydrogen-bond acceptors (Lipinski definition) is 9. The van der Waals surface area contributed by atoms with Gasteiger partial charge in [0.25, 0.3) is 0 Å². The number of esters is 1. The molecule has 1 aliphatic rings. The molecule has 0 saturated carbocycles. The lowest BCUT2D eigenvalue weighted by Gasteiger charge is -2.36. The Hall–Kier alpha value is -1.69. The fourth-order valence-corrected chi connectivity index (χ4v) is 3.20. The number of rotatable bonds is 5. The minimum atomic E-state index is -1.09. The molecule has 0 radical (unpaired) electrons. The summed E-state index contributed by atoms with van der Waals surface area (Å²) < 4.78 is 11.7. The van der Waals surface area contributed by atoms with Crippen LogP contribution in [0.15, 0.2) is 11.2 Å². The Morgan fingerprint density at radius 1 is 1.62 bits per heavy atom. The fraction of sp³-hybridized carbons (Fsp3) is 0.692. The van der Waals surface area contributed by atoms with Crippen LogP contribution in [-0.4, -0.2) is 73.7 Å². The van der Waals surface area contributed by atoms with Gasteiger partial charge in [-0.05, 0) is 6.92 Å². The molecule has 0 bridgehead atoms. The van der Waals surface area contributed by atoms with E-state index >= 15 is 0 Å². The molecule has 4 atom stereocenters. The second-order valence-corrected chi connectivity index (χ2v) is 6.33. The monoisotopic (exact) mass is 359 g/mol. The van der Waals surface area contributed by atoms with Crippen molar-refractivity contribution in [1.82, 2.24) is 15.0 Å². The molecule has 4 N–H and O–H groups in total. The molecule has 134 valence electrons. The third kappa shape index (κ3) is 4.66. The number of aliphatic hydroxyl groups is 2. The first-order valence-corrected chi connectivity index (χ1v) is 8.29. The van der Waals surface area contributed by atoms with Gasteiger partial charge in [0.05, 0.1) is 26.0 Å². The molecular formula is C13H21N5O5S. The number of carbonyl (C=O) groups is 1. The summed E-state index contributed by atoms with van der Waals surface area (Å²) in [5.74, 6) is -0.608. The highest BCUT2D eigenvalue weighted by molar-refractivity contribution is 8.14. The highest BCUT2D eigenvalue weighted by atomic mass is 32.2. The van der Waals surface area contributed by atoms with E-state index in [2.05, 4.69) is 20.0 Å². The number of ether oxygens (including phenoxy) is 2. The highest BCUT2D eigenvalue weighted by Crippen LogP contribution is 2.28. The minimum Gasteiger partial charge on any atom is -0.464 e. The summed E-state index contributed by atoms with van der Waals surface area (Å²) in [6, 6.07) is 0. The number of thioether (sulfide) groups is 1. The highest BCUT2D eigenvalue weighted by Gasteiger charge is 2.37. The number of methoxy groups -OCH3 is 1. The van der Waals surface area contributed by atoms with Crippen LogP contribution in [0.3, 0.4) is 0 Å². The molecule has 2 rings (SSSR count). The fourth-order valence-electron chi connectivity index (χ4n) is 2.24. The van der Waals surface area contributed by atoms with Gasteiger partial charge >= 0.3 is 5.97 Å². The zero-order chi connectivity index (χ0) is 17.7. The van der Waals surface area contributed by atoms with Crippen LogP contribution in [0.2, 0.25) is 0 Å². The van der Waals surface area contributed by atoms with Gasteiger partial charge in [-0.3, -0.25) is 4.99 Å². The van der Waals surface area contributed by atoms with Crippen molar-refractivity contribution in [2.45, 2.75) is 43.6 Å². The summed E-state index contributed by atoms with van der Waals surface area (Å²) >= 11 is 1.19. The summed E-state index contributed by atoms with van der Waals surface area (Å²) in [6.45, 7) is 2.53. The van der Waals surface area contributed by atoms with E-state index in [-0.39, 0.29) is 18.7 Å². The van der Waals surface area contributed by atoms with Crippen LogP contribution in [0.4, 0.5) is 0 Å². The molecule has 0 amide bonds. The van der Waals surface area contributed by atoms with Crippen LogP contribution < -0.4 is 5.73 Å². The van der Waals surface area contributed by atoms with Crippen molar-refractivity contribution < 1.29 is 24.5 Å². The Labute approximate surface area is 143 Å². The average Bonchev–Trinajstić information content (AvgIpc) is 3.00. The van der Waals surface area contributed by atoms with Crippen molar-refractivity contribution in [3.05, 3.63) is 11.9 Å². The first-order chi connectivity index (χ1) is 11.4. The molecule has 10 nitrogen and oxygen atoms in total. The third-order valence-corrected chi connectivity index (χ3v) is 4.34. The Balaban J connectivity index is 2.03. The van der Waals surface area contributed by atoms with Gasteiger partial charge in [0.1, 0.15) is 17.6 Å². The summed E-state index contributed by atoms with van der Waals surface area (Å²) in [7, 11) is 1.25. The number of aliphatic hydroxyl groups excluding tert-OH is 2. The van der Waals surface area contributed by atoms with Gasteiger partial charge in [0.2, 0.25) is 0 Å².